The first kappa shape index (κ1) is 13.1. The van der Waals surface area contributed by atoms with E-state index < -0.39 is 0 Å². The van der Waals surface area contributed by atoms with Crippen molar-refractivity contribution in [2.24, 2.45) is 5.73 Å². The summed E-state index contributed by atoms with van der Waals surface area (Å²) in [5, 5.41) is 8.57. The molecule has 0 saturated heterocycles. The second-order valence-corrected chi connectivity index (χ2v) is 4.65. The van der Waals surface area contributed by atoms with E-state index in [9.17, 15) is 0 Å². The van der Waals surface area contributed by atoms with Gasteiger partial charge in [-0.15, -0.1) is 0 Å². The van der Waals surface area contributed by atoms with Crippen molar-refractivity contribution in [2.45, 2.75) is 6.92 Å². The van der Waals surface area contributed by atoms with Crippen molar-refractivity contribution < 1.29 is 4.74 Å². The van der Waals surface area contributed by atoms with E-state index in [1.807, 2.05) is 37.3 Å². The van der Waals surface area contributed by atoms with Crippen LogP contribution in [0.1, 0.15) is 11.3 Å². The van der Waals surface area contributed by atoms with E-state index in [-0.39, 0.29) is 5.84 Å². The molecule has 0 bridgehead atoms. The number of hydrogen-bond donors (Lipinski definition) is 2. The molecule has 3 N–H and O–H groups in total. The van der Waals surface area contributed by atoms with E-state index in [0.29, 0.717) is 17.2 Å². The summed E-state index contributed by atoms with van der Waals surface area (Å²) in [4.78, 5) is 8.66. The molecule has 0 saturated carbocycles. The summed E-state index contributed by atoms with van der Waals surface area (Å²) in [5.41, 5.74) is 7.68. The largest absolute Gasteiger partial charge is 0.436 e. The number of amidine groups is 1. The number of aryl methyl sites for hydroxylation is 1. The van der Waals surface area contributed by atoms with Gasteiger partial charge in [0.15, 0.2) is 5.75 Å². The molecule has 5 nitrogen and oxygen atoms in total. The first-order valence-corrected chi connectivity index (χ1v) is 6.49. The van der Waals surface area contributed by atoms with Gasteiger partial charge >= 0.3 is 0 Å². The molecule has 0 radical (unpaired) electrons. The van der Waals surface area contributed by atoms with Crippen LogP contribution in [-0.4, -0.2) is 15.8 Å². The van der Waals surface area contributed by atoms with Crippen LogP contribution in [-0.2, 0) is 0 Å². The Bertz CT molecular complexity index is 829. The first-order valence-electron chi connectivity index (χ1n) is 6.49. The van der Waals surface area contributed by atoms with Gasteiger partial charge in [0.05, 0.1) is 5.56 Å². The fraction of sp³-hybridized carbons (Fsp3) is 0.0625. The van der Waals surface area contributed by atoms with Crippen molar-refractivity contribution >= 4 is 16.7 Å². The topological polar surface area (TPSA) is 84.9 Å². The molecule has 0 amide bonds. The zero-order chi connectivity index (χ0) is 14.8. The number of fused-ring (bicyclic) bond motifs is 1. The molecule has 3 aromatic rings. The summed E-state index contributed by atoms with van der Waals surface area (Å²) in [6.45, 7) is 1.93. The standard InChI is InChI=1S/C16H14N4O/c1-10-7-8-11-4-2-6-13(14(11)20-10)21-16-12(15(17)18)5-3-9-19-16/h2-9H,1H3,(H3,17,18). The Morgan fingerprint density at radius 3 is 2.81 bits per heavy atom. The lowest BCUT2D eigenvalue weighted by Gasteiger charge is -2.10. The summed E-state index contributed by atoms with van der Waals surface area (Å²) < 4.78 is 5.84. The van der Waals surface area contributed by atoms with Gasteiger partial charge < -0.3 is 10.5 Å². The van der Waals surface area contributed by atoms with Gasteiger partial charge in [-0.25, -0.2) is 9.97 Å². The molecule has 2 heterocycles. The number of para-hydroxylation sites is 1. The van der Waals surface area contributed by atoms with Crippen LogP contribution in [0.4, 0.5) is 0 Å². The monoisotopic (exact) mass is 278 g/mol. The van der Waals surface area contributed by atoms with Gasteiger partial charge in [-0.05, 0) is 31.2 Å². The van der Waals surface area contributed by atoms with Gasteiger partial charge in [0, 0.05) is 17.3 Å². The zero-order valence-corrected chi connectivity index (χ0v) is 11.5. The highest BCUT2D eigenvalue weighted by Crippen LogP contribution is 2.29. The third-order valence-corrected chi connectivity index (χ3v) is 3.09. The van der Waals surface area contributed by atoms with E-state index in [0.717, 1.165) is 16.6 Å². The van der Waals surface area contributed by atoms with Gasteiger partial charge in [-0.3, -0.25) is 5.41 Å². The normalized spacial score (nSPS) is 10.5. The maximum absolute atomic E-state index is 7.58. The molecule has 0 aliphatic rings. The molecule has 5 heteroatoms. The van der Waals surface area contributed by atoms with Crippen molar-refractivity contribution in [3.8, 4) is 11.6 Å². The molecular formula is C16H14N4O. The highest BCUT2D eigenvalue weighted by atomic mass is 16.5. The Morgan fingerprint density at radius 1 is 1.14 bits per heavy atom. The van der Waals surface area contributed by atoms with E-state index in [4.69, 9.17) is 15.9 Å². The van der Waals surface area contributed by atoms with Gasteiger partial charge in [-0.2, -0.15) is 0 Å². The molecule has 2 aromatic heterocycles. The smallest absolute Gasteiger partial charge is 0.230 e. The van der Waals surface area contributed by atoms with E-state index in [2.05, 4.69) is 9.97 Å². The maximum atomic E-state index is 7.58. The maximum Gasteiger partial charge on any atom is 0.230 e. The number of aromatic nitrogens is 2. The minimum Gasteiger partial charge on any atom is -0.436 e. The SMILES string of the molecule is Cc1ccc2cccc(Oc3ncccc3C(=N)N)c2n1. The summed E-state index contributed by atoms with van der Waals surface area (Å²) in [6, 6.07) is 13.1. The molecule has 21 heavy (non-hydrogen) atoms. The quantitative estimate of drug-likeness (QED) is 0.569. The summed E-state index contributed by atoms with van der Waals surface area (Å²) in [6.07, 6.45) is 1.60. The predicted molar refractivity (Wildman–Crippen MR) is 81.8 cm³/mol. The first-order chi connectivity index (χ1) is 10.1. The average Bonchev–Trinajstić information content (AvgIpc) is 2.48. The molecule has 0 fully saturated rings. The lowest BCUT2D eigenvalue weighted by Crippen LogP contribution is -2.12. The van der Waals surface area contributed by atoms with Crippen molar-refractivity contribution in [1.29, 1.82) is 5.41 Å². The van der Waals surface area contributed by atoms with E-state index in [1.165, 1.54) is 0 Å². The number of rotatable bonds is 3. The number of nitrogens with zero attached hydrogens (tertiary/aromatic N) is 2. The minimum atomic E-state index is -0.0810. The average molecular weight is 278 g/mol. The van der Waals surface area contributed by atoms with Gasteiger partial charge in [0.1, 0.15) is 11.4 Å². The number of benzene rings is 1. The summed E-state index contributed by atoms with van der Waals surface area (Å²) >= 11 is 0. The number of nitrogen functional groups attached to an aromatic ring is 1. The second kappa shape index (κ2) is 5.20. The number of ether oxygens (including phenoxy) is 1. The molecule has 0 spiro atoms. The second-order valence-electron chi connectivity index (χ2n) is 4.65. The Labute approximate surface area is 121 Å². The lowest BCUT2D eigenvalue weighted by molar-refractivity contribution is 0.466. The minimum absolute atomic E-state index is 0.0810. The fourth-order valence-electron chi connectivity index (χ4n) is 2.08. The van der Waals surface area contributed by atoms with Crippen LogP contribution in [0.5, 0.6) is 11.6 Å². The molecule has 0 aliphatic heterocycles. The molecule has 0 aliphatic carbocycles. The van der Waals surface area contributed by atoms with Crippen molar-refractivity contribution in [2.75, 3.05) is 0 Å². The van der Waals surface area contributed by atoms with Crippen LogP contribution in [0.3, 0.4) is 0 Å². The van der Waals surface area contributed by atoms with Gasteiger partial charge in [0.25, 0.3) is 0 Å². The van der Waals surface area contributed by atoms with Gasteiger partial charge in [-0.1, -0.05) is 18.2 Å². The number of hydrogen-bond acceptors (Lipinski definition) is 4. The van der Waals surface area contributed by atoms with Crippen molar-refractivity contribution in [3.05, 3.63) is 59.9 Å². The zero-order valence-electron chi connectivity index (χ0n) is 11.5. The Balaban J connectivity index is 2.11. The fourth-order valence-corrected chi connectivity index (χ4v) is 2.08. The third-order valence-electron chi connectivity index (χ3n) is 3.09. The predicted octanol–water partition coefficient (Wildman–Crippen LogP) is 3.01. The highest BCUT2D eigenvalue weighted by Gasteiger charge is 2.11. The van der Waals surface area contributed by atoms with Crippen molar-refractivity contribution in [3.63, 3.8) is 0 Å². The molecular weight excluding hydrogens is 264 g/mol. The van der Waals surface area contributed by atoms with Crippen LogP contribution < -0.4 is 10.5 Å². The van der Waals surface area contributed by atoms with Crippen LogP contribution in [0.2, 0.25) is 0 Å². The van der Waals surface area contributed by atoms with Crippen molar-refractivity contribution in [1.82, 2.24) is 9.97 Å². The Morgan fingerprint density at radius 2 is 2.00 bits per heavy atom. The molecule has 0 unspecified atom stereocenters. The molecule has 3 rings (SSSR count). The van der Waals surface area contributed by atoms with Crippen LogP contribution in [0.25, 0.3) is 10.9 Å². The molecule has 0 atom stereocenters. The molecule has 104 valence electrons. The van der Waals surface area contributed by atoms with Crippen LogP contribution >= 0.6 is 0 Å². The van der Waals surface area contributed by atoms with E-state index in [1.54, 1.807) is 18.3 Å². The highest BCUT2D eigenvalue weighted by molar-refractivity contribution is 5.97. The summed E-state index contributed by atoms with van der Waals surface area (Å²) in [5.74, 6) is 0.820. The Kier molecular flexibility index (Phi) is 3.23. The molecule has 1 aromatic carbocycles. The number of nitrogens with two attached hydrogens (primary N) is 1. The van der Waals surface area contributed by atoms with Crippen LogP contribution in [0, 0.1) is 12.3 Å². The number of nitrogens with one attached hydrogen (secondary N) is 1. The van der Waals surface area contributed by atoms with E-state index >= 15 is 0 Å². The summed E-state index contributed by atoms with van der Waals surface area (Å²) in [7, 11) is 0. The van der Waals surface area contributed by atoms with Crippen LogP contribution in [0.15, 0.2) is 48.7 Å². The lowest BCUT2D eigenvalue weighted by atomic mass is 10.2. The third kappa shape index (κ3) is 2.53. The Hall–Kier alpha value is -2.95. The number of pyridine rings is 2. The van der Waals surface area contributed by atoms with Gasteiger partial charge in [0.2, 0.25) is 5.88 Å².